The molecule has 0 aliphatic rings. The number of rotatable bonds is 8. The first-order chi connectivity index (χ1) is 9.02. The molecular weight excluding hydrogens is 266 g/mol. The Balaban J connectivity index is 2.75. The highest BCUT2D eigenvalue weighted by atomic mass is 32.2. The Morgan fingerprint density at radius 3 is 2.68 bits per heavy atom. The van der Waals surface area contributed by atoms with Gasteiger partial charge in [-0.1, -0.05) is 0 Å². The van der Waals surface area contributed by atoms with Crippen molar-refractivity contribution in [3.8, 4) is 0 Å². The molecule has 6 nitrogen and oxygen atoms in total. The smallest absolute Gasteiger partial charge is 0.244 e. The van der Waals surface area contributed by atoms with Crippen molar-refractivity contribution >= 4 is 15.8 Å². The van der Waals surface area contributed by atoms with Crippen molar-refractivity contribution < 1.29 is 13.2 Å². The van der Waals surface area contributed by atoms with Gasteiger partial charge in [0.05, 0.1) is 0 Å². The Morgan fingerprint density at radius 1 is 1.42 bits per heavy atom. The van der Waals surface area contributed by atoms with Gasteiger partial charge in [0.15, 0.2) is 0 Å². The number of aromatic nitrogens is 1. The quantitative estimate of drug-likeness (QED) is 0.727. The minimum atomic E-state index is -3.46. The summed E-state index contributed by atoms with van der Waals surface area (Å²) in [5.41, 5.74) is 0. The van der Waals surface area contributed by atoms with Crippen LogP contribution < -0.4 is 5.32 Å². The minimum absolute atomic E-state index is 0.203. The van der Waals surface area contributed by atoms with Gasteiger partial charge < -0.3 is 10.1 Å². The van der Waals surface area contributed by atoms with Gasteiger partial charge in [-0.2, -0.15) is 0 Å². The third kappa shape index (κ3) is 4.45. The van der Waals surface area contributed by atoms with E-state index in [1.165, 1.54) is 10.5 Å². The van der Waals surface area contributed by atoms with Gasteiger partial charge in [0, 0.05) is 40.1 Å². The maximum absolute atomic E-state index is 12.2. The van der Waals surface area contributed by atoms with Crippen LogP contribution in [0, 0.1) is 0 Å². The fourth-order valence-electron chi connectivity index (χ4n) is 1.55. The Morgan fingerprint density at radius 2 is 2.16 bits per heavy atom. The van der Waals surface area contributed by atoms with Gasteiger partial charge >= 0.3 is 0 Å². The first-order valence-corrected chi connectivity index (χ1v) is 7.61. The average Bonchev–Trinajstić information content (AvgIpc) is 2.40. The highest BCUT2D eigenvalue weighted by Crippen LogP contribution is 2.15. The van der Waals surface area contributed by atoms with Crippen molar-refractivity contribution in [3.63, 3.8) is 0 Å². The van der Waals surface area contributed by atoms with E-state index in [-0.39, 0.29) is 4.90 Å². The lowest BCUT2D eigenvalue weighted by atomic mass is 10.4. The molecule has 0 amide bonds. The number of sulfonamides is 1. The van der Waals surface area contributed by atoms with Gasteiger partial charge in [0.2, 0.25) is 10.0 Å². The molecule has 0 fully saturated rings. The maximum atomic E-state index is 12.2. The van der Waals surface area contributed by atoms with Crippen LogP contribution in [-0.2, 0) is 14.8 Å². The first-order valence-electron chi connectivity index (χ1n) is 6.17. The molecule has 1 rings (SSSR count). The second-order valence-corrected chi connectivity index (χ2v) is 6.13. The van der Waals surface area contributed by atoms with Crippen LogP contribution >= 0.6 is 0 Å². The van der Waals surface area contributed by atoms with Gasteiger partial charge in [-0.25, -0.2) is 17.7 Å². The van der Waals surface area contributed by atoms with E-state index in [9.17, 15) is 8.42 Å². The van der Waals surface area contributed by atoms with Crippen molar-refractivity contribution in [2.24, 2.45) is 0 Å². The van der Waals surface area contributed by atoms with Crippen molar-refractivity contribution in [1.82, 2.24) is 9.29 Å². The van der Waals surface area contributed by atoms with Crippen molar-refractivity contribution in [3.05, 3.63) is 18.3 Å². The van der Waals surface area contributed by atoms with Gasteiger partial charge in [-0.3, -0.25) is 0 Å². The molecule has 108 valence electrons. The summed E-state index contributed by atoms with van der Waals surface area (Å²) in [6.07, 6.45) is 2.04. The second-order valence-electron chi connectivity index (χ2n) is 4.08. The molecule has 7 heteroatoms. The highest BCUT2D eigenvalue weighted by Gasteiger charge is 2.20. The summed E-state index contributed by atoms with van der Waals surface area (Å²) in [6.45, 7) is 3.66. The molecule has 1 aromatic heterocycles. The summed E-state index contributed by atoms with van der Waals surface area (Å²) in [4.78, 5) is 4.27. The lowest BCUT2D eigenvalue weighted by Gasteiger charge is -2.16. The molecule has 0 unspecified atom stereocenters. The highest BCUT2D eigenvalue weighted by molar-refractivity contribution is 7.89. The Hall–Kier alpha value is -1.18. The predicted molar refractivity (Wildman–Crippen MR) is 74.7 cm³/mol. The third-order valence-electron chi connectivity index (χ3n) is 2.62. The van der Waals surface area contributed by atoms with Crippen LogP contribution in [0.25, 0.3) is 0 Å². The monoisotopic (exact) mass is 287 g/mol. The van der Waals surface area contributed by atoms with E-state index >= 15 is 0 Å². The Labute approximate surface area is 114 Å². The lowest BCUT2D eigenvalue weighted by Crippen LogP contribution is -2.28. The SMILES string of the molecule is CCNc1ccc(S(=O)(=O)N(C)CCCOC)cn1. The van der Waals surface area contributed by atoms with Crippen molar-refractivity contribution in [2.75, 3.05) is 39.2 Å². The molecule has 0 aliphatic heterocycles. The number of nitrogens with zero attached hydrogens (tertiary/aromatic N) is 2. The second kappa shape index (κ2) is 7.42. The van der Waals surface area contributed by atoms with E-state index < -0.39 is 10.0 Å². The fourth-order valence-corrected chi connectivity index (χ4v) is 2.71. The first kappa shape index (κ1) is 15.9. The molecule has 0 atom stereocenters. The van der Waals surface area contributed by atoms with Crippen LogP contribution in [0.4, 0.5) is 5.82 Å². The van der Waals surface area contributed by atoms with Crippen LogP contribution in [0.5, 0.6) is 0 Å². The molecule has 0 aromatic carbocycles. The van der Waals surface area contributed by atoms with Crippen LogP contribution in [0.2, 0.25) is 0 Å². The Bertz CT molecular complexity index is 473. The minimum Gasteiger partial charge on any atom is -0.385 e. The van der Waals surface area contributed by atoms with E-state index in [4.69, 9.17) is 4.74 Å². The van der Waals surface area contributed by atoms with E-state index in [0.29, 0.717) is 25.4 Å². The molecule has 0 aliphatic carbocycles. The number of hydrogen-bond donors (Lipinski definition) is 1. The topological polar surface area (TPSA) is 71.5 Å². The molecule has 0 saturated carbocycles. The number of ether oxygens (including phenoxy) is 1. The lowest BCUT2D eigenvalue weighted by molar-refractivity contribution is 0.189. The molecular formula is C12H21N3O3S. The standard InChI is InChI=1S/C12H21N3O3S/c1-4-13-12-7-6-11(10-14-12)19(16,17)15(2)8-5-9-18-3/h6-7,10H,4-5,8-9H2,1-3H3,(H,13,14). The number of pyridine rings is 1. The van der Waals surface area contributed by atoms with Gasteiger partial charge in [-0.15, -0.1) is 0 Å². The van der Waals surface area contributed by atoms with E-state index in [1.807, 2.05) is 6.92 Å². The summed E-state index contributed by atoms with van der Waals surface area (Å²) in [5.74, 6) is 0.670. The number of hydrogen-bond acceptors (Lipinski definition) is 5. The number of methoxy groups -OCH3 is 1. The summed E-state index contributed by atoms with van der Waals surface area (Å²) >= 11 is 0. The molecule has 0 saturated heterocycles. The molecule has 19 heavy (non-hydrogen) atoms. The molecule has 1 N–H and O–H groups in total. The average molecular weight is 287 g/mol. The van der Waals surface area contributed by atoms with E-state index in [0.717, 1.165) is 6.54 Å². The maximum Gasteiger partial charge on any atom is 0.244 e. The number of nitrogens with one attached hydrogen (secondary N) is 1. The van der Waals surface area contributed by atoms with E-state index in [2.05, 4.69) is 10.3 Å². The van der Waals surface area contributed by atoms with Crippen LogP contribution in [0.3, 0.4) is 0 Å². The van der Waals surface area contributed by atoms with Gasteiger partial charge in [0.25, 0.3) is 0 Å². The summed E-state index contributed by atoms with van der Waals surface area (Å²) in [5, 5.41) is 3.02. The molecule has 1 aromatic rings. The molecule has 1 heterocycles. The Kier molecular flexibility index (Phi) is 6.20. The van der Waals surface area contributed by atoms with Crippen LogP contribution in [-0.4, -0.2) is 51.6 Å². The zero-order valence-electron chi connectivity index (χ0n) is 11.6. The normalized spacial score (nSPS) is 11.8. The van der Waals surface area contributed by atoms with Gasteiger partial charge in [0.1, 0.15) is 10.7 Å². The molecule has 0 spiro atoms. The van der Waals surface area contributed by atoms with Crippen LogP contribution in [0.15, 0.2) is 23.2 Å². The van der Waals surface area contributed by atoms with Crippen molar-refractivity contribution in [2.45, 2.75) is 18.2 Å². The molecule has 0 bridgehead atoms. The zero-order chi connectivity index (χ0) is 14.3. The van der Waals surface area contributed by atoms with Gasteiger partial charge in [-0.05, 0) is 25.5 Å². The van der Waals surface area contributed by atoms with E-state index in [1.54, 1.807) is 26.3 Å². The number of anilines is 1. The summed E-state index contributed by atoms with van der Waals surface area (Å²) < 4.78 is 30.7. The fraction of sp³-hybridized carbons (Fsp3) is 0.583. The summed E-state index contributed by atoms with van der Waals surface area (Å²) in [6, 6.07) is 3.23. The largest absolute Gasteiger partial charge is 0.385 e. The van der Waals surface area contributed by atoms with Crippen molar-refractivity contribution in [1.29, 1.82) is 0 Å². The third-order valence-corrected chi connectivity index (χ3v) is 4.46. The zero-order valence-corrected chi connectivity index (χ0v) is 12.4. The van der Waals surface area contributed by atoms with Crippen LogP contribution in [0.1, 0.15) is 13.3 Å². The molecule has 0 radical (unpaired) electrons. The summed E-state index contributed by atoms with van der Waals surface area (Å²) in [7, 11) is -0.310. The predicted octanol–water partition coefficient (Wildman–Crippen LogP) is 1.17.